The average Bonchev–Trinajstić information content (AvgIpc) is 2.33. The third-order valence-corrected chi connectivity index (χ3v) is 2.77. The van der Waals surface area contributed by atoms with Crippen molar-refractivity contribution in [3.63, 3.8) is 0 Å². The fourth-order valence-electron chi connectivity index (χ4n) is 1.60. The van der Waals surface area contributed by atoms with E-state index >= 15 is 0 Å². The number of carboxylic acid groups (broad SMARTS) is 2. The molecule has 0 bridgehead atoms. The lowest BCUT2D eigenvalue weighted by Gasteiger charge is -2.13. The van der Waals surface area contributed by atoms with Crippen LogP contribution in [0.1, 0.15) is 18.4 Å². The first kappa shape index (κ1) is 16.0. The van der Waals surface area contributed by atoms with Gasteiger partial charge in [-0.05, 0) is 24.1 Å². The minimum absolute atomic E-state index is 0.0165. The fourth-order valence-corrected chi connectivity index (χ4v) is 1.82. The topological polar surface area (TPSA) is 104 Å². The highest BCUT2D eigenvalue weighted by molar-refractivity contribution is 6.30. The zero-order valence-electron chi connectivity index (χ0n) is 10.5. The third-order valence-electron chi connectivity index (χ3n) is 2.53. The molecule has 0 aliphatic carbocycles. The molecule has 0 saturated carbocycles. The van der Waals surface area contributed by atoms with Gasteiger partial charge in [0.05, 0.1) is 6.42 Å². The number of carboxylic acids is 2. The van der Waals surface area contributed by atoms with Gasteiger partial charge in [-0.1, -0.05) is 23.7 Å². The Morgan fingerprint density at radius 2 is 1.95 bits per heavy atom. The molecule has 1 rings (SSSR count). The molecule has 108 valence electrons. The Morgan fingerprint density at radius 3 is 2.50 bits per heavy atom. The number of amides is 1. The second-order valence-electron chi connectivity index (χ2n) is 4.20. The predicted molar refractivity (Wildman–Crippen MR) is 71.6 cm³/mol. The number of rotatable bonds is 7. The highest BCUT2D eigenvalue weighted by Gasteiger charge is 2.20. The van der Waals surface area contributed by atoms with Gasteiger partial charge in [0.15, 0.2) is 0 Å². The lowest BCUT2D eigenvalue weighted by atomic mass is 10.1. The zero-order valence-corrected chi connectivity index (χ0v) is 11.3. The summed E-state index contributed by atoms with van der Waals surface area (Å²) in [5.41, 5.74) is 0.650. The number of carbonyl (C=O) groups is 3. The van der Waals surface area contributed by atoms with Gasteiger partial charge in [-0.2, -0.15) is 0 Å². The average molecular weight is 300 g/mol. The molecular formula is C13H14ClNO5. The molecule has 0 aliphatic heterocycles. The van der Waals surface area contributed by atoms with Gasteiger partial charge >= 0.3 is 11.9 Å². The van der Waals surface area contributed by atoms with Gasteiger partial charge in [-0.3, -0.25) is 9.59 Å². The van der Waals surface area contributed by atoms with E-state index in [-0.39, 0.29) is 19.3 Å². The first-order chi connectivity index (χ1) is 9.38. The molecule has 0 heterocycles. The van der Waals surface area contributed by atoms with Crippen molar-refractivity contribution in [1.82, 2.24) is 5.32 Å². The van der Waals surface area contributed by atoms with E-state index in [0.717, 1.165) is 0 Å². The lowest BCUT2D eigenvalue weighted by molar-refractivity contribution is -0.143. The summed E-state index contributed by atoms with van der Waals surface area (Å²) in [4.78, 5) is 33.1. The van der Waals surface area contributed by atoms with Crippen LogP contribution in [0.25, 0.3) is 0 Å². The van der Waals surface area contributed by atoms with Crippen LogP contribution in [-0.2, 0) is 20.8 Å². The molecule has 1 amide bonds. The summed E-state index contributed by atoms with van der Waals surface area (Å²) < 4.78 is 0. The number of hydrogen-bond donors (Lipinski definition) is 3. The van der Waals surface area contributed by atoms with Crippen LogP contribution >= 0.6 is 11.6 Å². The maximum atomic E-state index is 11.7. The van der Waals surface area contributed by atoms with E-state index in [4.69, 9.17) is 21.8 Å². The Hall–Kier alpha value is -2.08. The Kier molecular flexibility index (Phi) is 5.99. The van der Waals surface area contributed by atoms with Crippen molar-refractivity contribution in [2.24, 2.45) is 0 Å². The minimum atomic E-state index is -1.26. The van der Waals surface area contributed by atoms with E-state index < -0.39 is 23.9 Å². The molecular weight excluding hydrogens is 286 g/mol. The third kappa shape index (κ3) is 5.71. The van der Waals surface area contributed by atoms with Crippen LogP contribution in [0, 0.1) is 0 Å². The van der Waals surface area contributed by atoms with Crippen molar-refractivity contribution in [1.29, 1.82) is 0 Å². The van der Waals surface area contributed by atoms with Crippen LogP contribution in [0.15, 0.2) is 24.3 Å². The molecule has 1 atom stereocenters. The molecule has 6 nitrogen and oxygen atoms in total. The van der Waals surface area contributed by atoms with Crippen LogP contribution < -0.4 is 5.32 Å². The second-order valence-corrected chi connectivity index (χ2v) is 4.63. The standard InChI is InChI=1S/C13H14ClNO5/c14-9-3-1-2-8(6-9)7-11(16)15-10(13(19)20)4-5-12(17)18/h1-3,6,10H,4-5,7H2,(H,15,16)(H,17,18)(H,19,20). The molecule has 7 heteroatoms. The largest absolute Gasteiger partial charge is 0.481 e. The van der Waals surface area contributed by atoms with Crippen molar-refractivity contribution < 1.29 is 24.6 Å². The smallest absolute Gasteiger partial charge is 0.326 e. The van der Waals surface area contributed by atoms with Crippen LogP contribution in [0.5, 0.6) is 0 Å². The van der Waals surface area contributed by atoms with Gasteiger partial charge < -0.3 is 15.5 Å². The number of nitrogens with one attached hydrogen (secondary N) is 1. The van der Waals surface area contributed by atoms with E-state index in [1.165, 1.54) is 0 Å². The number of benzene rings is 1. The van der Waals surface area contributed by atoms with E-state index in [2.05, 4.69) is 5.32 Å². The van der Waals surface area contributed by atoms with Gasteiger partial charge in [0.2, 0.25) is 5.91 Å². The van der Waals surface area contributed by atoms with E-state index in [1.807, 2.05) is 0 Å². The van der Waals surface area contributed by atoms with Crippen molar-refractivity contribution in [3.05, 3.63) is 34.9 Å². The maximum Gasteiger partial charge on any atom is 0.326 e. The maximum absolute atomic E-state index is 11.7. The normalized spacial score (nSPS) is 11.7. The Labute approximate surface area is 120 Å². The van der Waals surface area contributed by atoms with Crippen LogP contribution in [-0.4, -0.2) is 34.1 Å². The number of halogens is 1. The minimum Gasteiger partial charge on any atom is -0.481 e. The summed E-state index contributed by atoms with van der Waals surface area (Å²) in [6.45, 7) is 0. The molecule has 0 spiro atoms. The van der Waals surface area contributed by atoms with E-state index in [1.54, 1.807) is 24.3 Å². The summed E-state index contributed by atoms with van der Waals surface area (Å²) in [5, 5.41) is 20.2. The van der Waals surface area contributed by atoms with Gasteiger partial charge in [0.1, 0.15) is 6.04 Å². The molecule has 0 radical (unpaired) electrons. The highest BCUT2D eigenvalue weighted by atomic mass is 35.5. The zero-order chi connectivity index (χ0) is 15.1. The number of carbonyl (C=O) groups excluding carboxylic acids is 1. The highest BCUT2D eigenvalue weighted by Crippen LogP contribution is 2.11. The predicted octanol–water partition coefficient (Wildman–Crippen LogP) is 1.32. The van der Waals surface area contributed by atoms with E-state index in [0.29, 0.717) is 10.6 Å². The Balaban J connectivity index is 2.57. The van der Waals surface area contributed by atoms with Crippen LogP contribution in [0.2, 0.25) is 5.02 Å². The summed E-state index contributed by atoms with van der Waals surface area (Å²) in [5.74, 6) is -2.86. The molecule has 3 N–H and O–H groups in total. The first-order valence-electron chi connectivity index (χ1n) is 5.87. The summed E-state index contributed by atoms with van der Waals surface area (Å²) in [7, 11) is 0. The summed E-state index contributed by atoms with van der Waals surface area (Å²) in [6, 6.07) is 5.44. The first-order valence-corrected chi connectivity index (χ1v) is 6.24. The lowest BCUT2D eigenvalue weighted by Crippen LogP contribution is -2.41. The molecule has 0 fully saturated rings. The molecule has 1 unspecified atom stereocenters. The SMILES string of the molecule is O=C(O)CCC(NC(=O)Cc1cccc(Cl)c1)C(=O)O. The second kappa shape index (κ2) is 7.49. The molecule has 1 aromatic rings. The Bertz CT molecular complexity index is 517. The fraction of sp³-hybridized carbons (Fsp3) is 0.308. The molecule has 0 aliphatic rings. The van der Waals surface area contributed by atoms with Crippen LogP contribution in [0.3, 0.4) is 0 Å². The van der Waals surface area contributed by atoms with Crippen molar-refractivity contribution in [3.8, 4) is 0 Å². The number of aliphatic carboxylic acids is 2. The molecule has 20 heavy (non-hydrogen) atoms. The van der Waals surface area contributed by atoms with Gasteiger partial charge in [-0.25, -0.2) is 4.79 Å². The quantitative estimate of drug-likeness (QED) is 0.704. The molecule has 0 saturated heterocycles. The van der Waals surface area contributed by atoms with Crippen molar-refractivity contribution >= 4 is 29.4 Å². The van der Waals surface area contributed by atoms with Crippen molar-refractivity contribution in [2.45, 2.75) is 25.3 Å². The molecule has 1 aromatic carbocycles. The van der Waals surface area contributed by atoms with E-state index in [9.17, 15) is 14.4 Å². The monoisotopic (exact) mass is 299 g/mol. The Morgan fingerprint density at radius 1 is 1.25 bits per heavy atom. The van der Waals surface area contributed by atoms with Gasteiger partial charge in [-0.15, -0.1) is 0 Å². The summed E-state index contributed by atoms with van der Waals surface area (Å²) in [6.07, 6.45) is -0.502. The van der Waals surface area contributed by atoms with Crippen LogP contribution in [0.4, 0.5) is 0 Å². The van der Waals surface area contributed by atoms with Gasteiger partial charge in [0.25, 0.3) is 0 Å². The van der Waals surface area contributed by atoms with Crippen molar-refractivity contribution in [2.75, 3.05) is 0 Å². The van der Waals surface area contributed by atoms with Gasteiger partial charge in [0, 0.05) is 11.4 Å². The molecule has 0 aromatic heterocycles. The number of hydrogen-bond acceptors (Lipinski definition) is 3. The summed E-state index contributed by atoms with van der Waals surface area (Å²) >= 11 is 5.78.